The minimum absolute atomic E-state index is 0.157. The number of rotatable bonds is 4. The highest BCUT2D eigenvalue weighted by Gasteiger charge is 2.59. The fourth-order valence-corrected chi connectivity index (χ4v) is 7.10. The summed E-state index contributed by atoms with van der Waals surface area (Å²) in [6.07, 6.45) is 6.29. The molecule has 0 bridgehead atoms. The van der Waals surface area contributed by atoms with Crippen molar-refractivity contribution in [2.45, 2.75) is 56.5 Å². The van der Waals surface area contributed by atoms with E-state index < -0.39 is 5.60 Å². The second kappa shape index (κ2) is 7.03. The smallest absolute Gasteiger partial charge is 0.320 e. The SMILES string of the molecule is N#Cc1ccc(CC2CC3(C2)CN(C(=O)N2CC4(CC(c5nc(C6(O)CC6)n[nH]5)C4)C2)C3)c(F)c1. The third-order valence-corrected chi connectivity index (χ3v) is 9.17. The van der Waals surface area contributed by atoms with Gasteiger partial charge < -0.3 is 14.9 Å². The van der Waals surface area contributed by atoms with Crippen LogP contribution in [0.3, 0.4) is 0 Å². The lowest BCUT2D eigenvalue weighted by atomic mass is 9.56. The lowest BCUT2D eigenvalue weighted by Gasteiger charge is -2.63. The molecule has 7 rings (SSSR count). The highest BCUT2D eigenvalue weighted by atomic mass is 19.1. The molecule has 35 heavy (non-hydrogen) atoms. The van der Waals surface area contributed by atoms with Crippen molar-refractivity contribution in [1.82, 2.24) is 25.0 Å². The first-order valence-electron chi connectivity index (χ1n) is 12.7. The molecule has 8 nitrogen and oxygen atoms in total. The molecule has 2 saturated heterocycles. The monoisotopic (exact) mass is 476 g/mol. The summed E-state index contributed by atoms with van der Waals surface area (Å²) in [4.78, 5) is 21.4. The molecule has 0 unspecified atom stereocenters. The Kier molecular flexibility index (Phi) is 4.28. The van der Waals surface area contributed by atoms with Gasteiger partial charge in [0.25, 0.3) is 0 Å². The molecule has 0 atom stereocenters. The molecule has 2 N–H and O–H groups in total. The van der Waals surface area contributed by atoms with Crippen molar-refractivity contribution in [1.29, 1.82) is 5.26 Å². The highest BCUT2D eigenvalue weighted by molar-refractivity contribution is 5.77. The van der Waals surface area contributed by atoms with Crippen molar-refractivity contribution in [3.63, 3.8) is 0 Å². The summed E-state index contributed by atoms with van der Waals surface area (Å²) in [6, 6.07) is 6.87. The maximum atomic E-state index is 14.2. The van der Waals surface area contributed by atoms with E-state index in [0.29, 0.717) is 35.2 Å². The number of amides is 2. The number of nitrogens with one attached hydrogen (secondary N) is 1. The molecule has 1 aromatic carbocycles. The molecule has 5 fully saturated rings. The Morgan fingerprint density at radius 2 is 1.80 bits per heavy atom. The van der Waals surface area contributed by atoms with Crippen molar-refractivity contribution < 1.29 is 14.3 Å². The normalized spacial score (nSPS) is 25.4. The summed E-state index contributed by atoms with van der Waals surface area (Å²) in [7, 11) is 0. The Hall–Kier alpha value is -2.99. The number of H-pyrrole nitrogens is 1. The van der Waals surface area contributed by atoms with Gasteiger partial charge in [-0.2, -0.15) is 10.4 Å². The number of carbonyl (C=O) groups excluding carboxylic acids is 1. The van der Waals surface area contributed by atoms with Gasteiger partial charge in [0.1, 0.15) is 17.2 Å². The van der Waals surface area contributed by atoms with Crippen molar-refractivity contribution in [3.05, 3.63) is 46.8 Å². The summed E-state index contributed by atoms with van der Waals surface area (Å²) < 4.78 is 14.2. The quantitative estimate of drug-likeness (QED) is 0.705. The molecular weight excluding hydrogens is 447 g/mol. The number of aromatic amines is 1. The van der Waals surface area contributed by atoms with Crippen LogP contribution < -0.4 is 0 Å². The maximum Gasteiger partial charge on any atom is 0.320 e. The number of benzene rings is 1. The van der Waals surface area contributed by atoms with Crippen LogP contribution in [0, 0.1) is 33.9 Å². The fourth-order valence-electron chi connectivity index (χ4n) is 7.10. The van der Waals surface area contributed by atoms with Gasteiger partial charge in [-0.3, -0.25) is 5.10 Å². The predicted molar refractivity (Wildman–Crippen MR) is 122 cm³/mol. The second-order valence-corrected chi connectivity index (χ2v) is 12.1. The van der Waals surface area contributed by atoms with Crippen LogP contribution in [-0.4, -0.2) is 62.3 Å². The molecule has 182 valence electrons. The van der Waals surface area contributed by atoms with E-state index in [1.54, 1.807) is 12.1 Å². The summed E-state index contributed by atoms with van der Waals surface area (Å²) in [5.74, 6) is 1.91. The van der Waals surface area contributed by atoms with Gasteiger partial charge in [0, 0.05) is 42.9 Å². The van der Waals surface area contributed by atoms with Crippen LogP contribution in [0.4, 0.5) is 9.18 Å². The van der Waals surface area contributed by atoms with E-state index in [0.717, 1.165) is 70.5 Å². The number of nitrogens with zero attached hydrogens (tertiary/aromatic N) is 5. The van der Waals surface area contributed by atoms with Crippen molar-refractivity contribution in [2.75, 3.05) is 26.2 Å². The minimum Gasteiger partial charge on any atom is -0.382 e. The zero-order valence-corrected chi connectivity index (χ0v) is 19.6. The van der Waals surface area contributed by atoms with Gasteiger partial charge in [-0.1, -0.05) is 6.07 Å². The van der Waals surface area contributed by atoms with Crippen molar-refractivity contribution in [2.24, 2.45) is 16.7 Å². The Bertz CT molecular complexity index is 1230. The number of halogens is 1. The zero-order chi connectivity index (χ0) is 24.0. The summed E-state index contributed by atoms with van der Waals surface area (Å²) >= 11 is 0. The molecule has 3 heterocycles. The van der Waals surface area contributed by atoms with Gasteiger partial charge in [-0.15, -0.1) is 0 Å². The first-order valence-corrected chi connectivity index (χ1v) is 12.7. The van der Waals surface area contributed by atoms with Crippen LogP contribution in [0.2, 0.25) is 0 Å². The summed E-state index contributed by atoms with van der Waals surface area (Å²) in [5, 5.41) is 26.3. The van der Waals surface area contributed by atoms with Crippen LogP contribution >= 0.6 is 0 Å². The molecule has 2 amide bonds. The zero-order valence-electron chi connectivity index (χ0n) is 19.6. The van der Waals surface area contributed by atoms with Gasteiger partial charge in [0.05, 0.1) is 11.6 Å². The van der Waals surface area contributed by atoms with Gasteiger partial charge in [0.15, 0.2) is 5.82 Å². The molecule has 2 aliphatic heterocycles. The lowest BCUT2D eigenvalue weighted by Crippen LogP contribution is -2.71. The van der Waals surface area contributed by atoms with Crippen LogP contribution in [-0.2, 0) is 12.0 Å². The van der Waals surface area contributed by atoms with Crippen molar-refractivity contribution in [3.8, 4) is 6.07 Å². The second-order valence-electron chi connectivity index (χ2n) is 12.1. The first kappa shape index (κ1) is 21.3. The Morgan fingerprint density at radius 1 is 1.14 bits per heavy atom. The van der Waals surface area contributed by atoms with E-state index in [2.05, 4.69) is 15.2 Å². The third kappa shape index (κ3) is 3.37. The average molecular weight is 477 g/mol. The Morgan fingerprint density at radius 3 is 2.40 bits per heavy atom. The fraction of sp³-hybridized carbons (Fsp3) is 0.615. The molecule has 3 saturated carbocycles. The minimum atomic E-state index is -0.801. The number of aromatic nitrogens is 3. The average Bonchev–Trinajstić information content (AvgIpc) is 3.28. The number of hydrogen-bond donors (Lipinski definition) is 2. The van der Waals surface area contributed by atoms with Crippen molar-refractivity contribution >= 4 is 6.03 Å². The van der Waals surface area contributed by atoms with Gasteiger partial charge in [-0.05, 0) is 68.6 Å². The van der Waals surface area contributed by atoms with Crippen LogP contribution in [0.5, 0.6) is 0 Å². The Balaban J connectivity index is 0.855. The van der Waals surface area contributed by atoms with Crippen LogP contribution in [0.1, 0.15) is 67.2 Å². The number of aliphatic hydroxyl groups is 1. The summed E-state index contributed by atoms with van der Waals surface area (Å²) in [5.41, 5.74) is 0.688. The number of nitriles is 1. The van der Waals surface area contributed by atoms with Gasteiger partial charge >= 0.3 is 6.03 Å². The molecule has 0 radical (unpaired) electrons. The van der Waals surface area contributed by atoms with E-state index in [1.165, 1.54) is 6.07 Å². The molecule has 2 spiro atoms. The number of hydrogen-bond acceptors (Lipinski definition) is 5. The van der Waals surface area contributed by atoms with Crippen LogP contribution in [0.25, 0.3) is 0 Å². The standard InChI is InChI=1S/C26H29FN6O2/c27-20-6-16(11-28)1-2-18(20)5-17-7-24(8-17)12-32(13-24)23(34)33-14-25(15-33)9-19(10-25)21-29-22(31-30-21)26(35)3-4-26/h1-2,6,17,19,35H,3-5,7-10,12-15H2,(H,29,30,31). The number of likely N-dealkylation sites (tertiary alicyclic amines) is 2. The maximum absolute atomic E-state index is 14.2. The van der Waals surface area contributed by atoms with E-state index >= 15 is 0 Å². The highest BCUT2D eigenvalue weighted by Crippen LogP contribution is 2.57. The largest absolute Gasteiger partial charge is 0.382 e. The van der Waals surface area contributed by atoms with E-state index in [9.17, 15) is 14.3 Å². The molecule has 3 aliphatic carbocycles. The predicted octanol–water partition coefficient (Wildman–Crippen LogP) is 3.05. The summed E-state index contributed by atoms with van der Waals surface area (Å²) in [6.45, 7) is 3.26. The molecule has 1 aromatic heterocycles. The van der Waals surface area contributed by atoms with E-state index in [-0.39, 0.29) is 22.7 Å². The van der Waals surface area contributed by atoms with E-state index in [1.807, 2.05) is 15.9 Å². The number of urea groups is 1. The van der Waals surface area contributed by atoms with E-state index in [4.69, 9.17) is 5.26 Å². The molecule has 9 heteroatoms. The number of carbonyl (C=O) groups is 1. The van der Waals surface area contributed by atoms with Gasteiger partial charge in [0.2, 0.25) is 0 Å². The lowest BCUT2D eigenvalue weighted by molar-refractivity contribution is -0.100. The molecule has 5 aliphatic rings. The first-order chi connectivity index (χ1) is 16.8. The topological polar surface area (TPSA) is 109 Å². The molecular formula is C26H29FN6O2. The molecule has 2 aromatic rings. The van der Waals surface area contributed by atoms with Gasteiger partial charge in [-0.25, -0.2) is 14.2 Å². The Labute approximate surface area is 203 Å². The van der Waals surface area contributed by atoms with Crippen LogP contribution in [0.15, 0.2) is 18.2 Å². The third-order valence-electron chi connectivity index (χ3n) is 9.17.